The lowest BCUT2D eigenvalue weighted by molar-refractivity contribution is -0.143. The van der Waals surface area contributed by atoms with Crippen LogP contribution in [0.5, 0.6) is 0 Å². The third-order valence-electron chi connectivity index (χ3n) is 11.2. The van der Waals surface area contributed by atoms with E-state index in [1.807, 2.05) is 26.1 Å². The van der Waals surface area contributed by atoms with Gasteiger partial charge in [-0.05, 0) is 99.0 Å². The third kappa shape index (κ3) is 13.9. The average molecular weight is 896 g/mol. The van der Waals surface area contributed by atoms with Gasteiger partial charge in [0.2, 0.25) is 18.3 Å². The molecule has 3 aromatic carbocycles. The standard InChI is InChI=1S/C46H55F6N9O3/c1-31(8-15-42(63)56-30-62)57-40-14-11-32(23-41(40)53-2)7-6-22-64-21-5-3-4-16-60-17-19-61(20-18-60)29-33-9-12-34(13-10-33)38-27-54-43-39(38)28-55-44(59-43)58-37-25-35(45(47,48)49)24-36(26-37)46(50,51)52/h9-14,23-28,30-31,53,57H,3-8,15-22,29H2,1-2H3,(H,56,62,63)(H2,54,55,58,59). The Kier molecular flexibility index (Phi) is 16.6. The van der Waals surface area contributed by atoms with E-state index in [0.717, 1.165) is 107 Å². The Labute approximate surface area is 368 Å². The first kappa shape index (κ1) is 47.8. The molecule has 5 aromatic rings. The predicted molar refractivity (Wildman–Crippen MR) is 236 cm³/mol. The number of amides is 2. The van der Waals surface area contributed by atoms with Crippen LogP contribution in [-0.2, 0) is 39.6 Å². The smallest absolute Gasteiger partial charge is 0.386 e. The lowest BCUT2D eigenvalue weighted by Gasteiger charge is -2.34. The predicted octanol–water partition coefficient (Wildman–Crippen LogP) is 9.24. The zero-order valence-corrected chi connectivity index (χ0v) is 36.0. The van der Waals surface area contributed by atoms with Crippen molar-refractivity contribution in [3.63, 3.8) is 0 Å². The van der Waals surface area contributed by atoms with Crippen molar-refractivity contribution in [3.8, 4) is 11.1 Å². The first-order valence-electron chi connectivity index (χ1n) is 21.5. The molecule has 3 heterocycles. The van der Waals surface area contributed by atoms with E-state index in [4.69, 9.17) is 4.74 Å². The summed E-state index contributed by atoms with van der Waals surface area (Å²) < 4.78 is 85.9. The summed E-state index contributed by atoms with van der Waals surface area (Å²) in [7, 11) is 1.89. The normalized spacial score (nSPS) is 14.4. The van der Waals surface area contributed by atoms with E-state index in [2.05, 4.69) is 76.4 Å². The second kappa shape index (κ2) is 22.3. The van der Waals surface area contributed by atoms with Crippen molar-refractivity contribution in [3.05, 3.63) is 95.3 Å². The van der Waals surface area contributed by atoms with Crippen molar-refractivity contribution < 1.29 is 40.7 Å². The Balaban J connectivity index is 0.853. The minimum Gasteiger partial charge on any atom is -0.386 e. The number of benzene rings is 3. The number of aromatic amines is 1. The molecule has 0 aliphatic carbocycles. The van der Waals surface area contributed by atoms with Gasteiger partial charge < -0.3 is 30.6 Å². The molecule has 5 N–H and O–H groups in total. The monoisotopic (exact) mass is 895 g/mol. The highest BCUT2D eigenvalue weighted by Gasteiger charge is 2.37. The van der Waals surface area contributed by atoms with Crippen LogP contribution in [0.3, 0.4) is 0 Å². The second-order valence-electron chi connectivity index (χ2n) is 16.1. The molecule has 0 radical (unpaired) electrons. The van der Waals surface area contributed by atoms with Gasteiger partial charge in [0.25, 0.3) is 0 Å². The molecule has 1 aliphatic rings. The number of carbonyl (C=O) groups excluding carboxylic acids is 2. The number of aromatic nitrogens is 3. The van der Waals surface area contributed by atoms with Crippen LogP contribution in [0.1, 0.15) is 67.7 Å². The highest BCUT2D eigenvalue weighted by molar-refractivity contribution is 5.93. The number of anilines is 4. The van der Waals surface area contributed by atoms with Gasteiger partial charge in [-0.3, -0.25) is 19.8 Å². The maximum Gasteiger partial charge on any atom is 0.416 e. The number of hydrogen-bond donors (Lipinski definition) is 5. The number of hydrogen-bond acceptors (Lipinski definition) is 10. The van der Waals surface area contributed by atoms with Crippen LogP contribution in [0.25, 0.3) is 22.2 Å². The lowest BCUT2D eigenvalue weighted by Crippen LogP contribution is -2.46. The maximum absolute atomic E-state index is 13.3. The molecule has 2 aromatic heterocycles. The van der Waals surface area contributed by atoms with Gasteiger partial charge in [0.15, 0.2) is 0 Å². The highest BCUT2D eigenvalue weighted by Crippen LogP contribution is 2.38. The topological polar surface area (TPSA) is 140 Å². The van der Waals surface area contributed by atoms with Crippen molar-refractivity contribution >= 4 is 46.4 Å². The Hall–Kier alpha value is -5.72. The molecule has 344 valence electrons. The number of H-pyrrole nitrogens is 1. The summed E-state index contributed by atoms with van der Waals surface area (Å²) in [4.78, 5) is 38.5. The average Bonchev–Trinajstić information content (AvgIpc) is 3.69. The Morgan fingerprint density at radius 3 is 2.23 bits per heavy atom. The highest BCUT2D eigenvalue weighted by atomic mass is 19.4. The summed E-state index contributed by atoms with van der Waals surface area (Å²) in [6.07, 6.45) is -0.264. The molecule has 1 fully saturated rings. The van der Waals surface area contributed by atoms with Crippen LogP contribution in [-0.4, -0.2) is 96.1 Å². The molecule has 1 saturated heterocycles. The molecule has 2 amide bonds. The van der Waals surface area contributed by atoms with Gasteiger partial charge in [-0.25, -0.2) is 4.98 Å². The van der Waals surface area contributed by atoms with Crippen molar-refractivity contribution in [1.29, 1.82) is 0 Å². The lowest BCUT2D eigenvalue weighted by atomic mass is 10.0. The number of alkyl halides is 6. The van der Waals surface area contributed by atoms with Crippen molar-refractivity contribution in [1.82, 2.24) is 30.1 Å². The van der Waals surface area contributed by atoms with Gasteiger partial charge >= 0.3 is 12.4 Å². The summed E-state index contributed by atoms with van der Waals surface area (Å²) in [5.74, 6) is -0.433. The number of piperazine rings is 1. The van der Waals surface area contributed by atoms with E-state index in [0.29, 0.717) is 36.0 Å². The number of unbranched alkanes of at least 4 members (excludes halogenated alkanes) is 2. The molecule has 0 spiro atoms. The fourth-order valence-corrected chi connectivity index (χ4v) is 7.68. The van der Waals surface area contributed by atoms with Gasteiger partial charge in [0.05, 0.1) is 22.5 Å². The first-order valence-corrected chi connectivity index (χ1v) is 21.5. The Bertz CT molecular complexity index is 2260. The number of nitrogens with zero attached hydrogens (tertiary/aromatic N) is 4. The molecule has 18 heteroatoms. The molecular weight excluding hydrogens is 841 g/mol. The van der Waals surface area contributed by atoms with Gasteiger partial charge in [-0.15, -0.1) is 0 Å². The summed E-state index contributed by atoms with van der Waals surface area (Å²) in [6.45, 7) is 9.39. The number of carbonyl (C=O) groups is 2. The quantitative estimate of drug-likeness (QED) is 0.0260. The zero-order chi connectivity index (χ0) is 45.7. The minimum absolute atomic E-state index is 0.0644. The van der Waals surface area contributed by atoms with Crippen LogP contribution in [0.2, 0.25) is 0 Å². The van der Waals surface area contributed by atoms with Crippen molar-refractivity contribution in [2.45, 2.75) is 76.8 Å². The Morgan fingerprint density at radius 1 is 0.859 bits per heavy atom. The molecule has 0 bridgehead atoms. The summed E-state index contributed by atoms with van der Waals surface area (Å²) in [6, 6.07) is 15.8. The molecule has 6 rings (SSSR count). The Morgan fingerprint density at radius 2 is 1.55 bits per heavy atom. The number of halogens is 6. The number of ether oxygens (including phenoxy) is 1. The zero-order valence-electron chi connectivity index (χ0n) is 36.0. The maximum atomic E-state index is 13.3. The van der Waals surface area contributed by atoms with Gasteiger partial charge in [0, 0.05) is 94.5 Å². The molecule has 12 nitrogen and oxygen atoms in total. The fourth-order valence-electron chi connectivity index (χ4n) is 7.68. The molecular formula is C46H55F6N9O3. The molecule has 1 unspecified atom stereocenters. The number of nitrogens with one attached hydrogen (secondary N) is 5. The second-order valence-corrected chi connectivity index (χ2v) is 16.1. The number of fused-ring (bicyclic) bond motifs is 1. The molecule has 1 aliphatic heterocycles. The number of aryl methyl sites for hydroxylation is 1. The summed E-state index contributed by atoms with van der Waals surface area (Å²) >= 11 is 0. The SMILES string of the molecule is CNc1cc(CCCOCCCCCN2CCN(Cc3ccc(-c4c[nH]c5nc(Nc6cc(C(F)(F)F)cc(C(F)(F)F)c6)ncc45)cc3)CC2)ccc1NC(C)CCC(=O)NC=O. The summed E-state index contributed by atoms with van der Waals surface area (Å²) in [5.41, 5.74) is 3.17. The van der Waals surface area contributed by atoms with Crippen LogP contribution in [0, 0.1) is 0 Å². The van der Waals surface area contributed by atoms with E-state index in [1.54, 1.807) is 6.20 Å². The minimum atomic E-state index is -4.97. The first-order chi connectivity index (χ1) is 30.7. The summed E-state index contributed by atoms with van der Waals surface area (Å²) in [5, 5.41) is 12.0. The van der Waals surface area contributed by atoms with Crippen LogP contribution in [0.15, 0.2) is 73.1 Å². The fraction of sp³-hybridized carbons (Fsp3) is 0.435. The molecule has 64 heavy (non-hydrogen) atoms. The van der Waals surface area contributed by atoms with E-state index < -0.39 is 29.2 Å². The van der Waals surface area contributed by atoms with Crippen LogP contribution in [0.4, 0.5) is 49.4 Å². The van der Waals surface area contributed by atoms with E-state index in [9.17, 15) is 35.9 Å². The van der Waals surface area contributed by atoms with Gasteiger partial charge in [-0.2, -0.15) is 31.3 Å². The van der Waals surface area contributed by atoms with Gasteiger partial charge in [-0.1, -0.05) is 30.3 Å². The van der Waals surface area contributed by atoms with E-state index in [-0.39, 0.29) is 30.4 Å². The van der Waals surface area contributed by atoms with Crippen LogP contribution >= 0.6 is 0 Å². The van der Waals surface area contributed by atoms with Crippen molar-refractivity contribution in [2.75, 3.05) is 68.9 Å². The molecule has 0 saturated carbocycles. The van der Waals surface area contributed by atoms with Gasteiger partial charge in [0.1, 0.15) is 5.65 Å². The van der Waals surface area contributed by atoms with Crippen LogP contribution < -0.4 is 21.3 Å². The van der Waals surface area contributed by atoms with Crippen molar-refractivity contribution in [2.24, 2.45) is 0 Å². The molecule has 1 atom stereocenters. The largest absolute Gasteiger partial charge is 0.416 e. The van der Waals surface area contributed by atoms with E-state index >= 15 is 0 Å². The number of imide groups is 1. The third-order valence-corrected chi connectivity index (χ3v) is 11.2. The van der Waals surface area contributed by atoms with E-state index in [1.165, 1.54) is 17.3 Å². The number of rotatable bonds is 22.